The van der Waals surface area contributed by atoms with E-state index in [4.69, 9.17) is 23.2 Å². The van der Waals surface area contributed by atoms with Gasteiger partial charge in [-0.3, -0.25) is 0 Å². The Labute approximate surface area is 134 Å². The summed E-state index contributed by atoms with van der Waals surface area (Å²) in [6, 6.07) is 15.7. The smallest absolute Gasteiger partial charge is 0.0714 e. The fourth-order valence-corrected chi connectivity index (χ4v) is 2.38. The first-order chi connectivity index (χ1) is 10.2. The Balaban J connectivity index is 1.71. The van der Waals surface area contributed by atoms with Gasteiger partial charge in [0.2, 0.25) is 0 Å². The fourth-order valence-electron chi connectivity index (χ4n) is 2.13. The van der Waals surface area contributed by atoms with Crippen LogP contribution in [0.4, 0.5) is 0 Å². The summed E-state index contributed by atoms with van der Waals surface area (Å²) in [4.78, 5) is 0. The second-order valence-electron chi connectivity index (χ2n) is 4.81. The summed E-state index contributed by atoms with van der Waals surface area (Å²) < 4.78 is 0. The Bertz CT molecular complexity index is 673. The molecule has 0 amide bonds. The van der Waals surface area contributed by atoms with E-state index in [1.54, 1.807) is 0 Å². The summed E-state index contributed by atoms with van der Waals surface area (Å²) in [7, 11) is 0. The highest BCUT2D eigenvalue weighted by molar-refractivity contribution is 6.30. The van der Waals surface area contributed by atoms with E-state index in [9.17, 15) is 0 Å². The van der Waals surface area contributed by atoms with Crippen LogP contribution in [0.5, 0.6) is 0 Å². The molecule has 0 saturated heterocycles. The van der Waals surface area contributed by atoms with Crippen LogP contribution >= 0.6 is 23.2 Å². The van der Waals surface area contributed by atoms with Crippen LogP contribution in [-0.4, -0.2) is 0 Å². The average molecular weight is 317 g/mol. The number of hydrogen-bond donors (Lipinski definition) is 2. The zero-order valence-electron chi connectivity index (χ0n) is 11.2. The normalized spacial score (nSPS) is 17.8. The maximum atomic E-state index is 5.90. The first kappa shape index (κ1) is 14.2. The summed E-state index contributed by atoms with van der Waals surface area (Å²) in [5.41, 5.74) is 9.71. The molecule has 0 spiro atoms. The highest BCUT2D eigenvalue weighted by atomic mass is 35.5. The standard InChI is InChI=1S/C17H14Cl2N2/c18-14-6-1-12(2-7-14)3-10-16-11-17(21-20-16)13-4-8-15(19)9-5-13/h1-11,17,20-21H. The quantitative estimate of drug-likeness (QED) is 0.854. The molecule has 0 aromatic heterocycles. The van der Waals surface area contributed by atoms with E-state index >= 15 is 0 Å². The van der Waals surface area contributed by atoms with Crippen LogP contribution in [0, 0.1) is 0 Å². The minimum atomic E-state index is 0.145. The third kappa shape index (κ3) is 3.67. The van der Waals surface area contributed by atoms with Gasteiger partial charge in [0.05, 0.1) is 6.04 Å². The Kier molecular flexibility index (Phi) is 4.30. The van der Waals surface area contributed by atoms with Gasteiger partial charge in [0.1, 0.15) is 0 Å². The summed E-state index contributed by atoms with van der Waals surface area (Å²) in [5.74, 6) is 0. The van der Waals surface area contributed by atoms with Gasteiger partial charge >= 0.3 is 0 Å². The van der Waals surface area contributed by atoms with Crippen molar-refractivity contribution in [2.45, 2.75) is 6.04 Å². The van der Waals surface area contributed by atoms with E-state index in [-0.39, 0.29) is 6.04 Å². The number of benzene rings is 2. The monoisotopic (exact) mass is 316 g/mol. The lowest BCUT2D eigenvalue weighted by Crippen LogP contribution is -2.26. The van der Waals surface area contributed by atoms with Crippen molar-refractivity contribution in [2.24, 2.45) is 0 Å². The van der Waals surface area contributed by atoms with Crippen molar-refractivity contribution in [3.63, 3.8) is 0 Å². The minimum Gasteiger partial charge on any atom is -0.321 e. The topological polar surface area (TPSA) is 24.1 Å². The molecule has 3 rings (SSSR count). The van der Waals surface area contributed by atoms with Crippen molar-refractivity contribution in [3.8, 4) is 0 Å². The number of rotatable bonds is 3. The van der Waals surface area contributed by atoms with Crippen molar-refractivity contribution in [3.05, 3.63) is 87.6 Å². The summed E-state index contributed by atoms with van der Waals surface area (Å²) in [5, 5.41) is 1.49. The number of nitrogens with one attached hydrogen (secondary N) is 2. The van der Waals surface area contributed by atoms with E-state index in [1.165, 1.54) is 5.56 Å². The second kappa shape index (κ2) is 6.35. The van der Waals surface area contributed by atoms with E-state index in [0.717, 1.165) is 21.3 Å². The van der Waals surface area contributed by atoms with Gasteiger partial charge in [-0.15, -0.1) is 0 Å². The minimum absolute atomic E-state index is 0.145. The number of allylic oxidation sites excluding steroid dienone is 1. The number of halogens is 2. The van der Waals surface area contributed by atoms with Crippen molar-refractivity contribution < 1.29 is 0 Å². The highest BCUT2D eigenvalue weighted by Gasteiger charge is 2.14. The van der Waals surface area contributed by atoms with Gasteiger partial charge in [0.25, 0.3) is 0 Å². The van der Waals surface area contributed by atoms with Gasteiger partial charge < -0.3 is 5.43 Å². The lowest BCUT2D eigenvalue weighted by molar-refractivity contribution is 0.602. The Hall–Kier alpha value is -1.74. The first-order valence-electron chi connectivity index (χ1n) is 6.63. The number of hydrazine groups is 1. The molecule has 0 fully saturated rings. The Morgan fingerprint density at radius 3 is 2.10 bits per heavy atom. The molecule has 1 unspecified atom stereocenters. The lowest BCUT2D eigenvalue weighted by atomic mass is 10.1. The molecule has 0 saturated carbocycles. The maximum absolute atomic E-state index is 5.90. The summed E-state index contributed by atoms with van der Waals surface area (Å²) in [6.07, 6.45) is 6.21. The van der Waals surface area contributed by atoms with Crippen LogP contribution in [-0.2, 0) is 0 Å². The highest BCUT2D eigenvalue weighted by Crippen LogP contribution is 2.21. The van der Waals surface area contributed by atoms with Crippen LogP contribution in [0.1, 0.15) is 17.2 Å². The maximum Gasteiger partial charge on any atom is 0.0714 e. The number of hydrogen-bond acceptors (Lipinski definition) is 2. The Morgan fingerprint density at radius 2 is 1.43 bits per heavy atom. The largest absolute Gasteiger partial charge is 0.321 e. The molecule has 1 aliphatic heterocycles. The SMILES string of the molecule is Clc1ccc(C=CC2=CC(c3ccc(Cl)cc3)NN2)cc1. The van der Waals surface area contributed by atoms with Crippen molar-refractivity contribution in [2.75, 3.05) is 0 Å². The molecule has 2 aromatic rings. The predicted molar refractivity (Wildman–Crippen MR) is 89.0 cm³/mol. The fraction of sp³-hybridized carbons (Fsp3) is 0.0588. The van der Waals surface area contributed by atoms with Crippen LogP contribution in [0.2, 0.25) is 10.0 Å². The van der Waals surface area contributed by atoms with Gasteiger partial charge in [-0.05, 0) is 47.5 Å². The van der Waals surface area contributed by atoms with Crippen molar-refractivity contribution >= 4 is 29.3 Å². The van der Waals surface area contributed by atoms with Gasteiger partial charge in [0.15, 0.2) is 0 Å². The van der Waals surface area contributed by atoms with Crippen molar-refractivity contribution in [1.29, 1.82) is 0 Å². The summed E-state index contributed by atoms with van der Waals surface area (Å²) in [6.45, 7) is 0. The van der Waals surface area contributed by atoms with E-state index in [1.807, 2.05) is 60.7 Å². The molecule has 0 aliphatic carbocycles. The molecule has 1 heterocycles. The Morgan fingerprint density at radius 1 is 0.810 bits per heavy atom. The van der Waals surface area contributed by atoms with E-state index in [2.05, 4.69) is 16.9 Å². The molecule has 2 aromatic carbocycles. The molecule has 1 aliphatic rings. The molecular weight excluding hydrogens is 303 g/mol. The van der Waals surface area contributed by atoms with Crippen molar-refractivity contribution in [1.82, 2.24) is 10.9 Å². The van der Waals surface area contributed by atoms with Gasteiger partial charge in [-0.1, -0.05) is 53.5 Å². The van der Waals surface area contributed by atoms with Crippen LogP contribution in [0.15, 0.2) is 66.4 Å². The summed E-state index contributed by atoms with van der Waals surface area (Å²) >= 11 is 11.8. The van der Waals surface area contributed by atoms with E-state index in [0.29, 0.717) is 0 Å². The molecule has 2 nitrogen and oxygen atoms in total. The van der Waals surface area contributed by atoms with E-state index < -0.39 is 0 Å². The molecule has 106 valence electrons. The molecule has 2 N–H and O–H groups in total. The van der Waals surface area contributed by atoms with Crippen LogP contribution < -0.4 is 10.9 Å². The molecule has 0 bridgehead atoms. The van der Waals surface area contributed by atoms with Gasteiger partial charge in [-0.25, -0.2) is 5.43 Å². The predicted octanol–water partition coefficient (Wildman–Crippen LogP) is 4.74. The molecular formula is C17H14Cl2N2. The van der Waals surface area contributed by atoms with Crippen LogP contribution in [0.3, 0.4) is 0 Å². The average Bonchev–Trinajstić information content (AvgIpc) is 2.96. The van der Waals surface area contributed by atoms with Crippen LogP contribution in [0.25, 0.3) is 6.08 Å². The third-order valence-electron chi connectivity index (χ3n) is 3.27. The second-order valence-corrected chi connectivity index (χ2v) is 5.68. The zero-order chi connectivity index (χ0) is 14.7. The lowest BCUT2D eigenvalue weighted by Gasteiger charge is -2.08. The zero-order valence-corrected chi connectivity index (χ0v) is 12.7. The third-order valence-corrected chi connectivity index (χ3v) is 3.78. The molecule has 21 heavy (non-hydrogen) atoms. The molecule has 0 radical (unpaired) electrons. The first-order valence-corrected chi connectivity index (χ1v) is 7.39. The van der Waals surface area contributed by atoms with Gasteiger partial charge in [0, 0.05) is 15.7 Å². The molecule has 1 atom stereocenters. The molecule has 4 heteroatoms. The van der Waals surface area contributed by atoms with Gasteiger partial charge in [-0.2, -0.15) is 0 Å².